The summed E-state index contributed by atoms with van der Waals surface area (Å²) in [6.07, 6.45) is 0. The van der Waals surface area contributed by atoms with Gasteiger partial charge in [0.2, 0.25) is 0 Å². The first-order valence-corrected chi connectivity index (χ1v) is 4.08. The molecule has 0 unspecified atom stereocenters. The van der Waals surface area contributed by atoms with E-state index in [0.717, 1.165) is 11.1 Å². The van der Waals surface area contributed by atoms with Gasteiger partial charge in [-0.2, -0.15) is 0 Å². The molecule has 4 heteroatoms. The van der Waals surface area contributed by atoms with Crippen LogP contribution in [0.1, 0.15) is 11.1 Å². The van der Waals surface area contributed by atoms with Crippen LogP contribution in [0.3, 0.4) is 0 Å². The zero-order valence-electron chi connectivity index (χ0n) is 8.03. The molecule has 0 saturated heterocycles. The summed E-state index contributed by atoms with van der Waals surface area (Å²) in [5.74, 6) is 0.714. The number of benzene rings is 1. The van der Waals surface area contributed by atoms with E-state index in [1.54, 1.807) is 26.2 Å². The highest BCUT2D eigenvalue weighted by Crippen LogP contribution is 2.20. The van der Waals surface area contributed by atoms with Gasteiger partial charge < -0.3 is 14.8 Å². The molecule has 0 atom stereocenters. The molecule has 0 fully saturated rings. The number of methoxy groups -OCH3 is 1. The van der Waals surface area contributed by atoms with E-state index >= 15 is 0 Å². The van der Waals surface area contributed by atoms with Gasteiger partial charge in [0.05, 0.1) is 7.11 Å². The monoisotopic (exact) mass is 180 g/mol. The minimum absolute atomic E-state index is 0.488. The van der Waals surface area contributed by atoms with Crippen molar-refractivity contribution in [1.82, 2.24) is 0 Å². The average molecular weight is 180 g/mol. The Morgan fingerprint density at radius 2 is 1.85 bits per heavy atom. The summed E-state index contributed by atoms with van der Waals surface area (Å²) in [6.45, 7) is 3.72. The highest BCUT2D eigenvalue weighted by molar-refractivity contribution is 6.59. The Hall–Kier alpha value is -0.995. The molecule has 0 aliphatic carbocycles. The van der Waals surface area contributed by atoms with Gasteiger partial charge in [0.25, 0.3) is 0 Å². The van der Waals surface area contributed by atoms with E-state index in [2.05, 4.69) is 0 Å². The zero-order valence-corrected chi connectivity index (χ0v) is 8.03. The molecule has 2 N–H and O–H groups in total. The second kappa shape index (κ2) is 3.81. The van der Waals surface area contributed by atoms with Gasteiger partial charge in [-0.15, -0.1) is 0 Å². The Balaban J connectivity index is 3.27. The minimum atomic E-state index is -1.44. The van der Waals surface area contributed by atoms with Gasteiger partial charge in [0.1, 0.15) is 5.75 Å². The van der Waals surface area contributed by atoms with Crippen molar-refractivity contribution in [2.45, 2.75) is 13.8 Å². The van der Waals surface area contributed by atoms with E-state index in [1.807, 2.05) is 6.92 Å². The molecular formula is C9H13BO3. The van der Waals surface area contributed by atoms with Crippen molar-refractivity contribution in [3.8, 4) is 5.75 Å². The quantitative estimate of drug-likeness (QED) is 0.629. The van der Waals surface area contributed by atoms with Crippen LogP contribution in [0.15, 0.2) is 12.1 Å². The van der Waals surface area contributed by atoms with E-state index < -0.39 is 7.12 Å². The predicted octanol–water partition coefficient (Wildman–Crippen LogP) is -0.00816. The van der Waals surface area contributed by atoms with E-state index in [0.29, 0.717) is 11.2 Å². The summed E-state index contributed by atoms with van der Waals surface area (Å²) >= 11 is 0. The van der Waals surface area contributed by atoms with Crippen LogP contribution < -0.4 is 10.2 Å². The minimum Gasteiger partial charge on any atom is -0.496 e. The molecule has 13 heavy (non-hydrogen) atoms. The van der Waals surface area contributed by atoms with Crippen LogP contribution in [0.5, 0.6) is 5.75 Å². The molecule has 0 aliphatic rings. The molecule has 70 valence electrons. The summed E-state index contributed by atoms with van der Waals surface area (Å²) < 4.78 is 5.14. The predicted molar refractivity (Wildman–Crippen MR) is 52.3 cm³/mol. The van der Waals surface area contributed by atoms with Crippen LogP contribution in [0, 0.1) is 13.8 Å². The highest BCUT2D eigenvalue weighted by Gasteiger charge is 2.17. The Kier molecular flexibility index (Phi) is 2.96. The molecule has 1 aromatic carbocycles. The summed E-state index contributed by atoms with van der Waals surface area (Å²) in [6, 6.07) is 3.50. The van der Waals surface area contributed by atoms with Crippen molar-refractivity contribution >= 4 is 12.6 Å². The number of ether oxygens (including phenoxy) is 1. The fourth-order valence-electron chi connectivity index (χ4n) is 1.44. The molecule has 3 nitrogen and oxygen atoms in total. The van der Waals surface area contributed by atoms with E-state index in [-0.39, 0.29) is 0 Å². The van der Waals surface area contributed by atoms with Crippen molar-refractivity contribution in [2.24, 2.45) is 0 Å². The Bertz CT molecular complexity index is 310. The maximum Gasteiger partial charge on any atom is 0.488 e. The van der Waals surface area contributed by atoms with Crippen molar-refractivity contribution in [3.05, 3.63) is 23.3 Å². The van der Waals surface area contributed by atoms with E-state index in [1.165, 1.54) is 0 Å². The standard InChI is InChI=1S/C9H13BO3/c1-6-4-5-8(10(11)12)7(2)9(6)13-3/h4-5,11-12H,1-3H3. The third-order valence-electron chi connectivity index (χ3n) is 2.13. The zero-order chi connectivity index (χ0) is 10.0. The van der Waals surface area contributed by atoms with Gasteiger partial charge in [0.15, 0.2) is 0 Å². The summed E-state index contributed by atoms with van der Waals surface area (Å²) in [5.41, 5.74) is 2.25. The molecule has 0 spiro atoms. The van der Waals surface area contributed by atoms with Crippen LogP contribution in [0.2, 0.25) is 0 Å². The largest absolute Gasteiger partial charge is 0.496 e. The SMILES string of the molecule is COc1c(C)ccc(B(O)O)c1C. The van der Waals surface area contributed by atoms with Gasteiger partial charge in [-0.25, -0.2) is 0 Å². The number of hydrogen-bond donors (Lipinski definition) is 2. The van der Waals surface area contributed by atoms with Crippen molar-refractivity contribution in [3.63, 3.8) is 0 Å². The molecule has 0 amide bonds. The fourth-order valence-corrected chi connectivity index (χ4v) is 1.44. The molecule has 0 radical (unpaired) electrons. The molecular weight excluding hydrogens is 167 g/mol. The van der Waals surface area contributed by atoms with Crippen LogP contribution in [-0.2, 0) is 0 Å². The van der Waals surface area contributed by atoms with Crippen LogP contribution in [0.25, 0.3) is 0 Å². The molecule has 0 heterocycles. The average Bonchev–Trinajstić information content (AvgIpc) is 2.04. The highest BCUT2D eigenvalue weighted by atomic mass is 16.5. The first-order valence-electron chi connectivity index (χ1n) is 4.08. The lowest BCUT2D eigenvalue weighted by atomic mass is 9.76. The van der Waals surface area contributed by atoms with Crippen molar-refractivity contribution in [1.29, 1.82) is 0 Å². The number of rotatable bonds is 2. The fraction of sp³-hybridized carbons (Fsp3) is 0.333. The van der Waals surface area contributed by atoms with Crippen LogP contribution in [-0.4, -0.2) is 24.3 Å². The third kappa shape index (κ3) is 1.84. The van der Waals surface area contributed by atoms with Gasteiger partial charge in [-0.3, -0.25) is 0 Å². The Labute approximate surface area is 78.1 Å². The van der Waals surface area contributed by atoms with Gasteiger partial charge in [0, 0.05) is 0 Å². The maximum absolute atomic E-state index is 9.02. The molecule has 1 rings (SSSR count). The first kappa shape index (κ1) is 10.1. The summed E-state index contributed by atoms with van der Waals surface area (Å²) in [5, 5.41) is 18.0. The molecule has 1 aromatic rings. The molecule has 0 aromatic heterocycles. The second-order valence-electron chi connectivity index (χ2n) is 3.00. The van der Waals surface area contributed by atoms with Crippen LogP contribution >= 0.6 is 0 Å². The summed E-state index contributed by atoms with van der Waals surface area (Å²) in [4.78, 5) is 0. The summed E-state index contributed by atoms with van der Waals surface area (Å²) in [7, 11) is 0.137. The lowest BCUT2D eigenvalue weighted by molar-refractivity contribution is 0.406. The molecule has 0 aliphatic heterocycles. The Morgan fingerprint density at radius 1 is 1.23 bits per heavy atom. The van der Waals surface area contributed by atoms with Gasteiger partial charge in [-0.05, 0) is 30.4 Å². The van der Waals surface area contributed by atoms with E-state index in [4.69, 9.17) is 14.8 Å². The van der Waals surface area contributed by atoms with Crippen LogP contribution in [0.4, 0.5) is 0 Å². The van der Waals surface area contributed by atoms with Gasteiger partial charge >= 0.3 is 7.12 Å². The van der Waals surface area contributed by atoms with E-state index in [9.17, 15) is 0 Å². The lowest BCUT2D eigenvalue weighted by Crippen LogP contribution is -2.32. The van der Waals surface area contributed by atoms with Crippen molar-refractivity contribution in [2.75, 3.05) is 7.11 Å². The maximum atomic E-state index is 9.02. The second-order valence-corrected chi connectivity index (χ2v) is 3.00. The first-order chi connectivity index (χ1) is 6.07. The topological polar surface area (TPSA) is 49.7 Å². The number of hydrogen-bond acceptors (Lipinski definition) is 3. The van der Waals surface area contributed by atoms with Gasteiger partial charge in [-0.1, -0.05) is 12.1 Å². The lowest BCUT2D eigenvalue weighted by Gasteiger charge is -2.12. The normalized spacial score (nSPS) is 9.92. The smallest absolute Gasteiger partial charge is 0.488 e. The molecule has 0 saturated carbocycles. The number of aryl methyl sites for hydroxylation is 1. The Morgan fingerprint density at radius 3 is 2.31 bits per heavy atom. The molecule has 0 bridgehead atoms. The third-order valence-corrected chi connectivity index (χ3v) is 2.13. The van der Waals surface area contributed by atoms with Crippen molar-refractivity contribution < 1.29 is 14.8 Å².